The Labute approximate surface area is 124 Å². The Morgan fingerprint density at radius 2 is 1.90 bits per heavy atom. The number of likely N-dealkylation sites (tertiary alicyclic amines) is 1. The molecular formula is C15H22N2O4. The Balaban J connectivity index is 1.72. The lowest BCUT2D eigenvalue weighted by molar-refractivity contribution is -0.151. The van der Waals surface area contributed by atoms with Crippen molar-refractivity contribution >= 4 is 11.9 Å². The normalized spacial score (nSPS) is 27.2. The highest BCUT2D eigenvalue weighted by Crippen LogP contribution is 2.41. The molecule has 0 aromatic carbocycles. The molecule has 0 saturated carbocycles. The molecule has 6 heteroatoms. The third-order valence-electron chi connectivity index (χ3n) is 4.98. The molecule has 0 atom stereocenters. The van der Waals surface area contributed by atoms with Gasteiger partial charge >= 0.3 is 5.97 Å². The third-order valence-corrected chi connectivity index (χ3v) is 4.98. The van der Waals surface area contributed by atoms with Gasteiger partial charge in [-0.15, -0.1) is 0 Å². The fraction of sp³-hybridized carbons (Fsp3) is 0.733. The van der Waals surface area contributed by atoms with Crippen molar-refractivity contribution in [3.8, 4) is 0 Å². The monoisotopic (exact) mass is 294 g/mol. The minimum atomic E-state index is -0.783. The van der Waals surface area contributed by atoms with E-state index in [9.17, 15) is 9.59 Å². The molecular weight excluding hydrogens is 272 g/mol. The average molecular weight is 294 g/mol. The van der Waals surface area contributed by atoms with Gasteiger partial charge in [-0.05, 0) is 19.8 Å². The predicted octanol–water partition coefficient (Wildman–Crippen LogP) is 0.359. The molecule has 2 N–H and O–H groups in total. The summed E-state index contributed by atoms with van der Waals surface area (Å²) in [6.07, 6.45) is 3.38. The van der Waals surface area contributed by atoms with Crippen molar-refractivity contribution in [3.63, 3.8) is 0 Å². The van der Waals surface area contributed by atoms with Crippen molar-refractivity contribution in [2.24, 2.45) is 5.73 Å². The summed E-state index contributed by atoms with van der Waals surface area (Å²) < 4.78 is 10.9. The summed E-state index contributed by atoms with van der Waals surface area (Å²) >= 11 is 0. The van der Waals surface area contributed by atoms with E-state index >= 15 is 0 Å². The molecule has 3 rings (SSSR count). The molecule has 1 spiro atoms. The van der Waals surface area contributed by atoms with E-state index in [1.165, 1.54) is 0 Å². The van der Waals surface area contributed by atoms with Crippen molar-refractivity contribution in [1.29, 1.82) is 0 Å². The first-order chi connectivity index (χ1) is 10.0. The van der Waals surface area contributed by atoms with Crippen LogP contribution in [0.5, 0.6) is 0 Å². The summed E-state index contributed by atoms with van der Waals surface area (Å²) in [5.41, 5.74) is 5.46. The Kier molecular flexibility index (Phi) is 3.75. The van der Waals surface area contributed by atoms with Gasteiger partial charge in [0.15, 0.2) is 0 Å². The number of nitrogens with zero attached hydrogens (tertiary/aromatic N) is 1. The molecule has 0 aromatic rings. The molecule has 6 nitrogen and oxygen atoms in total. The summed E-state index contributed by atoms with van der Waals surface area (Å²) in [6.45, 7) is 4.89. The molecule has 2 fully saturated rings. The van der Waals surface area contributed by atoms with E-state index in [0.29, 0.717) is 30.0 Å². The van der Waals surface area contributed by atoms with Crippen LogP contribution in [-0.2, 0) is 19.1 Å². The molecule has 0 aliphatic carbocycles. The van der Waals surface area contributed by atoms with Gasteiger partial charge in [-0.1, -0.05) is 0 Å². The molecule has 3 aliphatic heterocycles. The fourth-order valence-corrected chi connectivity index (χ4v) is 3.81. The van der Waals surface area contributed by atoms with Gasteiger partial charge in [0, 0.05) is 50.8 Å². The smallest absolute Gasteiger partial charge is 0.335 e. The lowest BCUT2D eigenvalue weighted by Gasteiger charge is -2.43. The molecule has 21 heavy (non-hydrogen) atoms. The molecule has 1 amide bonds. The van der Waals surface area contributed by atoms with E-state index < -0.39 is 17.5 Å². The fourth-order valence-electron chi connectivity index (χ4n) is 3.81. The first kappa shape index (κ1) is 14.5. The second-order valence-corrected chi connectivity index (χ2v) is 6.13. The predicted molar refractivity (Wildman–Crippen MR) is 75.4 cm³/mol. The third kappa shape index (κ3) is 2.46. The van der Waals surface area contributed by atoms with Gasteiger partial charge in [-0.3, -0.25) is 9.69 Å². The molecule has 116 valence electrons. The highest BCUT2D eigenvalue weighted by Gasteiger charge is 2.50. The van der Waals surface area contributed by atoms with Crippen LogP contribution in [0.15, 0.2) is 11.1 Å². The van der Waals surface area contributed by atoms with Crippen molar-refractivity contribution < 1.29 is 19.1 Å². The van der Waals surface area contributed by atoms with Crippen LogP contribution in [0.25, 0.3) is 0 Å². The number of hydrogen-bond acceptors (Lipinski definition) is 5. The van der Waals surface area contributed by atoms with E-state index in [-0.39, 0.29) is 0 Å². The quantitative estimate of drug-likeness (QED) is 0.744. The molecule has 0 bridgehead atoms. The van der Waals surface area contributed by atoms with Crippen LogP contribution in [0.3, 0.4) is 0 Å². The maximum atomic E-state index is 11.8. The highest BCUT2D eigenvalue weighted by atomic mass is 16.6. The lowest BCUT2D eigenvalue weighted by atomic mass is 9.82. The summed E-state index contributed by atoms with van der Waals surface area (Å²) in [5.74, 6) is -0.929. The summed E-state index contributed by atoms with van der Waals surface area (Å²) in [5, 5.41) is 0. The topological polar surface area (TPSA) is 81.9 Å². The van der Waals surface area contributed by atoms with Crippen LogP contribution in [0.4, 0.5) is 0 Å². The van der Waals surface area contributed by atoms with Crippen LogP contribution in [-0.4, -0.2) is 54.7 Å². The van der Waals surface area contributed by atoms with E-state index in [1.54, 1.807) is 6.92 Å². The van der Waals surface area contributed by atoms with Crippen molar-refractivity contribution in [2.75, 3.05) is 26.3 Å². The zero-order valence-electron chi connectivity index (χ0n) is 12.4. The van der Waals surface area contributed by atoms with Crippen LogP contribution in [0, 0.1) is 0 Å². The zero-order valence-corrected chi connectivity index (χ0v) is 12.4. The van der Waals surface area contributed by atoms with Gasteiger partial charge in [-0.25, -0.2) is 4.79 Å². The first-order valence-corrected chi connectivity index (χ1v) is 7.60. The van der Waals surface area contributed by atoms with Crippen LogP contribution in [0.2, 0.25) is 0 Å². The SMILES string of the molecule is CC1=C(C(N)=O)C2(CCN(C3CCOCC3)CC2)OC1=O. The van der Waals surface area contributed by atoms with E-state index in [1.807, 2.05) is 0 Å². The highest BCUT2D eigenvalue weighted by molar-refractivity contribution is 6.06. The van der Waals surface area contributed by atoms with Crippen LogP contribution < -0.4 is 5.73 Å². The number of ether oxygens (including phenoxy) is 2. The second kappa shape index (κ2) is 5.42. The minimum Gasteiger partial charge on any atom is -0.450 e. The Hall–Kier alpha value is -1.40. The second-order valence-electron chi connectivity index (χ2n) is 6.13. The van der Waals surface area contributed by atoms with Gasteiger partial charge < -0.3 is 15.2 Å². The Bertz CT molecular complexity index is 486. The van der Waals surface area contributed by atoms with Gasteiger partial charge in [0.2, 0.25) is 5.91 Å². The summed E-state index contributed by atoms with van der Waals surface area (Å²) in [7, 11) is 0. The lowest BCUT2D eigenvalue weighted by Crippen LogP contribution is -2.51. The number of primary amides is 1. The van der Waals surface area contributed by atoms with E-state index in [0.717, 1.165) is 39.1 Å². The molecule has 0 aromatic heterocycles. The van der Waals surface area contributed by atoms with Crippen molar-refractivity contribution in [2.45, 2.75) is 44.2 Å². The maximum Gasteiger partial charge on any atom is 0.335 e. The summed E-state index contributed by atoms with van der Waals surface area (Å²) in [6, 6.07) is 0.537. The number of piperidine rings is 1. The molecule has 0 radical (unpaired) electrons. The number of carbonyl (C=O) groups excluding carboxylic acids is 2. The number of esters is 1. The molecule has 2 saturated heterocycles. The number of amides is 1. The van der Waals surface area contributed by atoms with E-state index in [2.05, 4.69) is 4.90 Å². The van der Waals surface area contributed by atoms with Gasteiger partial charge in [0.05, 0.1) is 5.57 Å². The Morgan fingerprint density at radius 1 is 1.29 bits per heavy atom. The molecule has 3 aliphatic rings. The molecule has 0 unspecified atom stereocenters. The van der Waals surface area contributed by atoms with Gasteiger partial charge in [0.1, 0.15) is 5.60 Å². The number of carbonyl (C=O) groups is 2. The standard InChI is InChI=1S/C15H22N2O4/c1-10-12(13(16)18)15(21-14(10)19)4-6-17(7-5-15)11-2-8-20-9-3-11/h11H,2-9H2,1H3,(H2,16,18). The minimum absolute atomic E-state index is 0.377. The summed E-state index contributed by atoms with van der Waals surface area (Å²) in [4.78, 5) is 26.0. The zero-order chi connectivity index (χ0) is 15.0. The van der Waals surface area contributed by atoms with Crippen LogP contribution >= 0.6 is 0 Å². The first-order valence-electron chi connectivity index (χ1n) is 7.60. The number of rotatable bonds is 2. The molecule has 3 heterocycles. The largest absolute Gasteiger partial charge is 0.450 e. The maximum absolute atomic E-state index is 11.8. The van der Waals surface area contributed by atoms with Gasteiger partial charge in [0.25, 0.3) is 0 Å². The van der Waals surface area contributed by atoms with Crippen molar-refractivity contribution in [3.05, 3.63) is 11.1 Å². The van der Waals surface area contributed by atoms with Crippen molar-refractivity contribution in [1.82, 2.24) is 4.90 Å². The van der Waals surface area contributed by atoms with Gasteiger partial charge in [-0.2, -0.15) is 0 Å². The number of hydrogen-bond donors (Lipinski definition) is 1. The van der Waals surface area contributed by atoms with Crippen LogP contribution in [0.1, 0.15) is 32.6 Å². The van der Waals surface area contributed by atoms with E-state index in [4.69, 9.17) is 15.2 Å². The Morgan fingerprint density at radius 3 is 2.48 bits per heavy atom. The number of nitrogens with two attached hydrogens (primary N) is 1. The average Bonchev–Trinajstić information content (AvgIpc) is 2.72.